The van der Waals surface area contributed by atoms with Crippen molar-refractivity contribution >= 4 is 21.5 Å². The second kappa shape index (κ2) is 6.95. The Labute approximate surface area is 137 Å². The molecule has 124 valence electrons. The largest absolute Gasteiger partial charge is 0.399 e. The van der Waals surface area contributed by atoms with E-state index in [1.165, 1.54) is 12.1 Å². The summed E-state index contributed by atoms with van der Waals surface area (Å²) in [6.45, 7) is 5.75. The average Bonchev–Trinajstić information content (AvgIpc) is 2.50. The van der Waals surface area contributed by atoms with Crippen LogP contribution in [0.5, 0.6) is 0 Å². The Morgan fingerprint density at radius 3 is 2.39 bits per heavy atom. The molecule has 0 spiro atoms. The second-order valence-corrected chi connectivity index (χ2v) is 7.16. The van der Waals surface area contributed by atoms with Crippen molar-refractivity contribution in [3.63, 3.8) is 0 Å². The van der Waals surface area contributed by atoms with Crippen molar-refractivity contribution in [3.05, 3.63) is 41.3 Å². The number of hydrogen-bond donors (Lipinski definition) is 2. The predicted molar refractivity (Wildman–Crippen MR) is 91.8 cm³/mol. The summed E-state index contributed by atoms with van der Waals surface area (Å²) in [5.74, 6) is 0.991. The molecule has 3 N–H and O–H groups in total. The van der Waals surface area contributed by atoms with Crippen LogP contribution < -0.4 is 10.5 Å². The van der Waals surface area contributed by atoms with Gasteiger partial charge in [0.2, 0.25) is 0 Å². The van der Waals surface area contributed by atoms with Gasteiger partial charge in [-0.15, -0.1) is 0 Å². The van der Waals surface area contributed by atoms with Crippen LogP contribution in [-0.4, -0.2) is 18.4 Å². The molecule has 0 fully saturated rings. The van der Waals surface area contributed by atoms with Gasteiger partial charge in [0.15, 0.2) is 0 Å². The monoisotopic (exact) mass is 334 g/mol. The fourth-order valence-electron chi connectivity index (χ4n) is 2.07. The van der Waals surface area contributed by atoms with E-state index in [0.29, 0.717) is 17.3 Å². The van der Waals surface area contributed by atoms with E-state index in [0.717, 1.165) is 30.5 Å². The van der Waals surface area contributed by atoms with E-state index < -0.39 is 10.0 Å². The highest BCUT2D eigenvalue weighted by atomic mass is 32.2. The third kappa shape index (κ3) is 4.19. The van der Waals surface area contributed by atoms with Crippen LogP contribution in [0.3, 0.4) is 0 Å². The van der Waals surface area contributed by atoms with E-state index in [1.807, 2.05) is 6.92 Å². The minimum absolute atomic E-state index is 0.150. The van der Waals surface area contributed by atoms with Gasteiger partial charge in [0, 0.05) is 23.4 Å². The molecule has 0 aliphatic rings. The molecule has 2 aromatic rings. The zero-order valence-electron chi connectivity index (χ0n) is 13.6. The number of aromatic nitrogens is 2. The number of nitrogens with two attached hydrogens (primary N) is 1. The van der Waals surface area contributed by atoms with Crippen LogP contribution in [0.15, 0.2) is 29.2 Å². The fourth-order valence-corrected chi connectivity index (χ4v) is 3.13. The van der Waals surface area contributed by atoms with Gasteiger partial charge in [-0.25, -0.2) is 18.4 Å². The lowest BCUT2D eigenvalue weighted by Crippen LogP contribution is -2.16. The average molecular weight is 334 g/mol. The Morgan fingerprint density at radius 1 is 1.13 bits per heavy atom. The van der Waals surface area contributed by atoms with Gasteiger partial charge >= 0.3 is 0 Å². The minimum Gasteiger partial charge on any atom is -0.399 e. The number of nitrogen functional groups attached to an aromatic ring is 1. The highest BCUT2D eigenvalue weighted by Crippen LogP contribution is 2.20. The Morgan fingerprint density at radius 2 is 1.78 bits per heavy atom. The van der Waals surface area contributed by atoms with Crippen molar-refractivity contribution in [2.75, 3.05) is 10.5 Å². The lowest BCUT2D eigenvalue weighted by molar-refractivity contribution is 0.601. The van der Waals surface area contributed by atoms with Crippen LogP contribution in [0.2, 0.25) is 0 Å². The number of nitrogens with zero attached hydrogens (tertiary/aromatic N) is 2. The smallest absolute Gasteiger partial charge is 0.263 e. The SMILES string of the molecule is CCCCc1nc(C)c(C)c(NS(=O)(=O)c2ccc(N)cc2)n1. The van der Waals surface area contributed by atoms with Gasteiger partial charge < -0.3 is 5.73 Å². The number of sulfonamides is 1. The summed E-state index contributed by atoms with van der Waals surface area (Å²) in [6.07, 6.45) is 2.73. The van der Waals surface area contributed by atoms with Crippen LogP contribution in [0.1, 0.15) is 36.8 Å². The number of aryl methyl sites for hydroxylation is 2. The van der Waals surface area contributed by atoms with Crippen LogP contribution >= 0.6 is 0 Å². The van der Waals surface area contributed by atoms with Crippen molar-refractivity contribution in [2.45, 2.75) is 44.9 Å². The molecule has 6 nitrogen and oxygen atoms in total. The Kier molecular flexibility index (Phi) is 5.20. The summed E-state index contributed by atoms with van der Waals surface area (Å²) in [6, 6.07) is 6.05. The molecule has 1 aromatic heterocycles. The predicted octanol–water partition coefficient (Wildman–Crippen LogP) is 2.82. The Balaban J connectivity index is 2.34. The Bertz CT molecular complexity index is 786. The molecule has 23 heavy (non-hydrogen) atoms. The van der Waals surface area contributed by atoms with Crippen molar-refractivity contribution in [1.82, 2.24) is 9.97 Å². The van der Waals surface area contributed by atoms with E-state index in [4.69, 9.17) is 5.73 Å². The third-order valence-electron chi connectivity index (χ3n) is 3.61. The topological polar surface area (TPSA) is 98.0 Å². The molecule has 0 atom stereocenters. The summed E-state index contributed by atoms with van der Waals surface area (Å²) in [4.78, 5) is 8.95. The number of rotatable bonds is 6. The van der Waals surface area contributed by atoms with Gasteiger partial charge in [0.1, 0.15) is 11.6 Å². The molecule has 0 saturated heterocycles. The van der Waals surface area contributed by atoms with Crippen molar-refractivity contribution in [2.24, 2.45) is 0 Å². The van der Waals surface area contributed by atoms with E-state index in [2.05, 4.69) is 21.6 Å². The molecule has 7 heteroatoms. The lowest BCUT2D eigenvalue weighted by atomic mass is 10.2. The first kappa shape index (κ1) is 17.2. The molecule has 0 radical (unpaired) electrons. The molecule has 0 aliphatic heterocycles. The van der Waals surface area contributed by atoms with Gasteiger partial charge in [0.25, 0.3) is 10.0 Å². The molecule has 1 heterocycles. The van der Waals surface area contributed by atoms with Gasteiger partial charge in [0.05, 0.1) is 4.90 Å². The standard InChI is InChI=1S/C16H22N4O2S/c1-4-5-6-15-18-12(3)11(2)16(19-15)20-23(21,22)14-9-7-13(17)8-10-14/h7-10H,4-6,17H2,1-3H3,(H,18,19,20). The summed E-state index contributed by atoms with van der Waals surface area (Å²) >= 11 is 0. The maximum Gasteiger partial charge on any atom is 0.263 e. The van der Waals surface area contributed by atoms with Gasteiger partial charge in [-0.2, -0.15) is 0 Å². The molecule has 0 aliphatic carbocycles. The zero-order valence-corrected chi connectivity index (χ0v) is 14.4. The quantitative estimate of drug-likeness (QED) is 0.792. The molecule has 2 rings (SSSR count). The fraction of sp³-hybridized carbons (Fsp3) is 0.375. The minimum atomic E-state index is -3.70. The van der Waals surface area contributed by atoms with E-state index >= 15 is 0 Å². The molecule has 0 amide bonds. The highest BCUT2D eigenvalue weighted by molar-refractivity contribution is 7.92. The molecule has 1 aromatic carbocycles. The number of benzene rings is 1. The van der Waals surface area contributed by atoms with Gasteiger partial charge in [-0.1, -0.05) is 13.3 Å². The summed E-state index contributed by atoms with van der Waals surface area (Å²) in [5.41, 5.74) is 7.62. The highest BCUT2D eigenvalue weighted by Gasteiger charge is 2.17. The zero-order chi connectivity index (χ0) is 17.0. The van der Waals surface area contributed by atoms with Crippen LogP contribution in [0, 0.1) is 13.8 Å². The van der Waals surface area contributed by atoms with Crippen LogP contribution in [-0.2, 0) is 16.4 Å². The van der Waals surface area contributed by atoms with Gasteiger partial charge in [-0.05, 0) is 44.5 Å². The molecule has 0 unspecified atom stereocenters. The van der Waals surface area contributed by atoms with Gasteiger partial charge in [-0.3, -0.25) is 4.72 Å². The third-order valence-corrected chi connectivity index (χ3v) is 4.97. The Hall–Kier alpha value is -2.15. The maximum atomic E-state index is 12.5. The normalized spacial score (nSPS) is 11.4. The van der Waals surface area contributed by atoms with Crippen molar-refractivity contribution in [1.29, 1.82) is 0 Å². The molecule has 0 bridgehead atoms. The first-order valence-electron chi connectivity index (χ1n) is 7.56. The number of hydrogen-bond acceptors (Lipinski definition) is 5. The van der Waals surface area contributed by atoms with E-state index in [1.54, 1.807) is 19.1 Å². The van der Waals surface area contributed by atoms with E-state index in [9.17, 15) is 8.42 Å². The first-order chi connectivity index (χ1) is 10.8. The van der Waals surface area contributed by atoms with Crippen molar-refractivity contribution in [3.8, 4) is 0 Å². The molecular formula is C16H22N4O2S. The summed E-state index contributed by atoms with van der Waals surface area (Å²) < 4.78 is 27.5. The number of unbranched alkanes of at least 4 members (excludes halogenated alkanes) is 1. The maximum absolute atomic E-state index is 12.5. The first-order valence-corrected chi connectivity index (χ1v) is 9.04. The molecular weight excluding hydrogens is 312 g/mol. The number of anilines is 2. The number of nitrogens with one attached hydrogen (secondary N) is 1. The van der Waals surface area contributed by atoms with Crippen molar-refractivity contribution < 1.29 is 8.42 Å². The second-order valence-electron chi connectivity index (χ2n) is 5.48. The summed E-state index contributed by atoms with van der Waals surface area (Å²) in [7, 11) is -3.70. The summed E-state index contributed by atoms with van der Waals surface area (Å²) in [5, 5.41) is 0. The van der Waals surface area contributed by atoms with E-state index in [-0.39, 0.29) is 4.90 Å². The van der Waals surface area contributed by atoms with Crippen LogP contribution in [0.25, 0.3) is 0 Å². The van der Waals surface area contributed by atoms with Crippen LogP contribution in [0.4, 0.5) is 11.5 Å². The molecule has 0 saturated carbocycles. The lowest BCUT2D eigenvalue weighted by Gasteiger charge is -2.13.